The molecule has 0 aliphatic carbocycles. The first-order valence-corrected chi connectivity index (χ1v) is 8.51. The molecule has 2 amide bonds. The quantitative estimate of drug-likeness (QED) is 0.704. The van der Waals surface area contributed by atoms with Gasteiger partial charge in [-0.25, -0.2) is 0 Å². The van der Waals surface area contributed by atoms with Crippen molar-refractivity contribution in [2.24, 2.45) is 0 Å². The second-order valence-corrected chi connectivity index (χ2v) is 7.15. The van der Waals surface area contributed by atoms with Crippen molar-refractivity contribution >= 4 is 35.0 Å². The normalized spacial score (nSPS) is 20.6. The van der Waals surface area contributed by atoms with Crippen LogP contribution in [0.25, 0.3) is 0 Å². The fourth-order valence-corrected chi connectivity index (χ4v) is 4.40. The molecule has 4 nitrogen and oxygen atoms in total. The van der Waals surface area contributed by atoms with Gasteiger partial charge in [-0.3, -0.25) is 14.5 Å². The third-order valence-electron chi connectivity index (χ3n) is 4.46. The monoisotopic (exact) mass is 418 g/mol. The van der Waals surface area contributed by atoms with Crippen LogP contribution in [0.1, 0.15) is 5.56 Å². The lowest BCUT2D eigenvalue weighted by Crippen LogP contribution is -2.63. The minimum Gasteiger partial charge on any atom is -0.323 e. The number of anilines is 2. The van der Waals surface area contributed by atoms with E-state index in [0.29, 0.717) is 4.90 Å². The molecule has 2 heterocycles. The number of halogens is 6. The van der Waals surface area contributed by atoms with Gasteiger partial charge in [0.25, 0.3) is 5.91 Å². The van der Waals surface area contributed by atoms with Gasteiger partial charge in [-0.15, -0.1) is 0 Å². The molecule has 0 spiro atoms. The number of hydrogen-bond donors (Lipinski definition) is 1. The van der Waals surface area contributed by atoms with Crippen LogP contribution in [-0.2, 0) is 15.1 Å². The number of alkyl halides is 6. The van der Waals surface area contributed by atoms with Crippen molar-refractivity contribution in [2.45, 2.75) is 27.7 Å². The molecule has 0 saturated carbocycles. The second-order valence-electron chi connectivity index (χ2n) is 6.06. The number of rotatable bonds is 1. The lowest BCUT2D eigenvalue weighted by atomic mass is 9.90. The van der Waals surface area contributed by atoms with Gasteiger partial charge in [-0.05, 0) is 18.2 Å². The van der Waals surface area contributed by atoms with E-state index in [9.17, 15) is 35.9 Å². The molecule has 0 fully saturated rings. The van der Waals surface area contributed by atoms with Crippen molar-refractivity contribution in [1.82, 2.24) is 5.32 Å². The summed E-state index contributed by atoms with van der Waals surface area (Å²) in [4.78, 5) is 25.9. The van der Waals surface area contributed by atoms with Gasteiger partial charge >= 0.3 is 18.3 Å². The Morgan fingerprint density at radius 1 is 0.964 bits per heavy atom. The lowest BCUT2D eigenvalue weighted by Gasteiger charge is -2.32. The van der Waals surface area contributed by atoms with Gasteiger partial charge in [0.05, 0.1) is 11.4 Å². The highest BCUT2D eigenvalue weighted by Gasteiger charge is 2.70. The molecule has 1 unspecified atom stereocenters. The third-order valence-corrected chi connectivity index (χ3v) is 5.57. The first-order valence-electron chi connectivity index (χ1n) is 7.69. The average molecular weight is 418 g/mol. The number of nitrogens with one attached hydrogen (secondary N) is 1. The molecule has 2 aliphatic heterocycles. The van der Waals surface area contributed by atoms with Gasteiger partial charge in [0, 0.05) is 15.4 Å². The molecule has 1 atom stereocenters. The van der Waals surface area contributed by atoms with Gasteiger partial charge in [-0.2, -0.15) is 26.3 Å². The highest BCUT2D eigenvalue weighted by molar-refractivity contribution is 7.99. The molecule has 28 heavy (non-hydrogen) atoms. The van der Waals surface area contributed by atoms with E-state index >= 15 is 0 Å². The van der Waals surface area contributed by atoms with E-state index in [2.05, 4.69) is 0 Å². The van der Waals surface area contributed by atoms with Crippen LogP contribution < -0.4 is 10.2 Å². The van der Waals surface area contributed by atoms with Crippen molar-refractivity contribution in [3.05, 3.63) is 48.0 Å². The fraction of sp³-hybridized carbons (Fsp3) is 0.176. The van der Waals surface area contributed by atoms with Gasteiger partial charge in [0.2, 0.25) is 5.54 Å². The van der Waals surface area contributed by atoms with Crippen LogP contribution in [0.3, 0.4) is 0 Å². The van der Waals surface area contributed by atoms with E-state index in [1.54, 1.807) is 12.1 Å². The van der Waals surface area contributed by atoms with Gasteiger partial charge in [-0.1, -0.05) is 36.0 Å². The van der Waals surface area contributed by atoms with Crippen LogP contribution in [-0.4, -0.2) is 24.2 Å². The molecule has 2 aliphatic rings. The summed E-state index contributed by atoms with van der Waals surface area (Å²) in [6.45, 7) is 0. The first kappa shape index (κ1) is 18.7. The lowest BCUT2D eigenvalue weighted by molar-refractivity contribution is -0.210. The molecule has 11 heteroatoms. The smallest absolute Gasteiger partial charge is 0.323 e. The number of fused-ring (bicyclic) bond motifs is 2. The van der Waals surface area contributed by atoms with E-state index in [1.165, 1.54) is 24.3 Å². The van der Waals surface area contributed by atoms with Crippen molar-refractivity contribution in [2.75, 3.05) is 4.90 Å². The highest BCUT2D eigenvalue weighted by atomic mass is 32.2. The fourth-order valence-electron chi connectivity index (χ4n) is 3.31. The van der Waals surface area contributed by atoms with Crippen molar-refractivity contribution in [3.63, 3.8) is 0 Å². The SMILES string of the molecule is O=C(NC1(C(F)(F)F)C(=O)N2c3ccccc3Sc3cccc1c32)C(F)(F)F. The molecular formula is C17H8F6N2O2S. The Hall–Kier alpha value is -2.69. The molecule has 0 aromatic heterocycles. The molecule has 4 rings (SSSR count). The van der Waals surface area contributed by atoms with E-state index in [-0.39, 0.29) is 16.3 Å². The summed E-state index contributed by atoms with van der Waals surface area (Å²) in [5.74, 6) is -4.57. The Morgan fingerprint density at radius 3 is 2.25 bits per heavy atom. The molecule has 146 valence electrons. The molecule has 2 aromatic rings. The number of carbonyl (C=O) groups excluding carboxylic acids is 2. The predicted molar refractivity (Wildman–Crippen MR) is 86.1 cm³/mol. The van der Waals surface area contributed by atoms with E-state index < -0.39 is 35.3 Å². The molecule has 2 aromatic carbocycles. The highest BCUT2D eigenvalue weighted by Crippen LogP contribution is 2.59. The van der Waals surface area contributed by atoms with Crippen LogP contribution in [0.4, 0.5) is 37.7 Å². The van der Waals surface area contributed by atoms with Crippen LogP contribution >= 0.6 is 11.8 Å². The summed E-state index contributed by atoms with van der Waals surface area (Å²) in [6, 6.07) is 9.62. The summed E-state index contributed by atoms with van der Waals surface area (Å²) in [6.07, 6.45) is -11.1. The Kier molecular flexibility index (Phi) is 3.77. The van der Waals surface area contributed by atoms with Gasteiger partial charge < -0.3 is 5.32 Å². The molecular weight excluding hydrogens is 410 g/mol. The predicted octanol–water partition coefficient (Wildman–Crippen LogP) is 4.27. The van der Waals surface area contributed by atoms with E-state index in [0.717, 1.165) is 28.0 Å². The maximum absolute atomic E-state index is 14.1. The molecule has 1 N–H and O–H groups in total. The standard InChI is InChI=1S/C17H8F6N2O2S/c18-16(19,20)13(26)24-15(17(21,22)23)8-4-3-7-11-12(8)25(14(15)27)9-5-1-2-6-10(9)28-11/h1-7H,(H,24,26). The van der Waals surface area contributed by atoms with Crippen molar-refractivity contribution in [1.29, 1.82) is 0 Å². The number of amides is 2. The van der Waals surface area contributed by atoms with Crippen LogP contribution in [0.15, 0.2) is 52.3 Å². The molecule has 0 saturated heterocycles. The molecule has 0 radical (unpaired) electrons. The zero-order chi connectivity index (χ0) is 20.5. The van der Waals surface area contributed by atoms with Gasteiger partial charge in [0.1, 0.15) is 0 Å². The largest absolute Gasteiger partial charge is 0.471 e. The summed E-state index contributed by atoms with van der Waals surface area (Å²) >= 11 is 1.08. The maximum Gasteiger partial charge on any atom is 0.471 e. The average Bonchev–Trinajstić information content (AvgIpc) is 2.86. The first-order chi connectivity index (χ1) is 13.0. The Morgan fingerprint density at radius 2 is 1.61 bits per heavy atom. The summed E-state index contributed by atoms with van der Waals surface area (Å²) < 4.78 is 80.6. The number of carbonyl (C=O) groups is 2. The van der Waals surface area contributed by atoms with E-state index in [4.69, 9.17) is 0 Å². The van der Waals surface area contributed by atoms with E-state index in [1.807, 2.05) is 0 Å². The summed E-state index contributed by atoms with van der Waals surface area (Å²) in [5, 5.41) is 0.939. The van der Waals surface area contributed by atoms with Crippen LogP contribution in [0, 0.1) is 0 Å². The zero-order valence-electron chi connectivity index (χ0n) is 13.5. The Balaban J connectivity index is 2.00. The van der Waals surface area contributed by atoms with Crippen molar-refractivity contribution < 1.29 is 35.9 Å². The van der Waals surface area contributed by atoms with Crippen LogP contribution in [0.5, 0.6) is 0 Å². The number of hydrogen-bond acceptors (Lipinski definition) is 3. The number of nitrogens with zero attached hydrogens (tertiary/aromatic N) is 1. The topological polar surface area (TPSA) is 49.4 Å². The van der Waals surface area contributed by atoms with Crippen LogP contribution in [0.2, 0.25) is 0 Å². The zero-order valence-corrected chi connectivity index (χ0v) is 14.3. The minimum absolute atomic E-state index is 0.102. The molecule has 0 bridgehead atoms. The van der Waals surface area contributed by atoms with Gasteiger partial charge in [0.15, 0.2) is 0 Å². The Bertz CT molecular complexity index is 1020. The second kappa shape index (κ2) is 5.66. The maximum atomic E-state index is 14.1. The summed E-state index contributed by atoms with van der Waals surface area (Å²) in [5.41, 5.74) is -4.67. The Labute approximate surface area is 157 Å². The number of para-hydroxylation sites is 2. The third kappa shape index (κ3) is 2.35. The van der Waals surface area contributed by atoms with Crippen molar-refractivity contribution in [3.8, 4) is 0 Å². The minimum atomic E-state index is -5.60. The number of benzene rings is 2. The summed E-state index contributed by atoms with van der Waals surface area (Å²) in [7, 11) is 0.